The summed E-state index contributed by atoms with van der Waals surface area (Å²) >= 11 is 1.27. The van der Waals surface area contributed by atoms with E-state index >= 15 is 0 Å². The Hall–Kier alpha value is -5.55. The smallest absolute Gasteiger partial charge is 0.338 e. The van der Waals surface area contributed by atoms with E-state index < -0.39 is 17.8 Å². The van der Waals surface area contributed by atoms with E-state index in [-0.39, 0.29) is 29.7 Å². The van der Waals surface area contributed by atoms with E-state index in [2.05, 4.69) is 16.0 Å². The first kappa shape index (κ1) is 32.4. The zero-order valence-electron chi connectivity index (χ0n) is 24.5. The number of hydrogen-bond acceptors (Lipinski definition) is 8. The number of anilines is 2. The van der Waals surface area contributed by atoms with Gasteiger partial charge < -0.3 is 30.5 Å². The Balaban J connectivity index is 1.44. The molecule has 0 radical (unpaired) electrons. The Morgan fingerprint density at radius 1 is 0.822 bits per heavy atom. The maximum atomic E-state index is 13.4. The van der Waals surface area contributed by atoms with E-state index in [9.17, 15) is 24.3 Å². The van der Waals surface area contributed by atoms with Gasteiger partial charge in [0.2, 0.25) is 5.91 Å². The Bertz CT molecular complexity index is 1710. The minimum atomic E-state index is -0.597. The molecule has 0 aromatic heterocycles. The average molecular weight is 626 g/mol. The first-order valence-corrected chi connectivity index (χ1v) is 14.8. The molecule has 0 saturated heterocycles. The van der Waals surface area contributed by atoms with Crippen LogP contribution in [0.4, 0.5) is 11.4 Å². The molecule has 10 nitrogen and oxygen atoms in total. The maximum absolute atomic E-state index is 13.4. The van der Waals surface area contributed by atoms with Gasteiger partial charge in [-0.15, -0.1) is 11.8 Å². The molecule has 0 bridgehead atoms. The summed E-state index contributed by atoms with van der Waals surface area (Å²) in [5, 5.41) is 18.1. The van der Waals surface area contributed by atoms with Gasteiger partial charge in [-0.25, -0.2) is 4.79 Å². The second-order valence-corrected chi connectivity index (χ2v) is 10.5. The molecule has 4 aromatic rings. The van der Waals surface area contributed by atoms with Gasteiger partial charge in [-0.3, -0.25) is 14.4 Å². The lowest BCUT2D eigenvalue weighted by Crippen LogP contribution is -2.30. The number of rotatable bonds is 12. The molecule has 0 unspecified atom stereocenters. The lowest BCUT2D eigenvalue weighted by molar-refractivity contribution is -0.114. The minimum Gasteiger partial charge on any atom is -0.508 e. The van der Waals surface area contributed by atoms with Crippen LogP contribution in [0.15, 0.2) is 108 Å². The van der Waals surface area contributed by atoms with Crippen LogP contribution in [0, 0.1) is 0 Å². The molecule has 0 aliphatic heterocycles. The lowest BCUT2D eigenvalue weighted by Gasteiger charge is -2.13. The summed E-state index contributed by atoms with van der Waals surface area (Å²) in [7, 11) is 1.43. The van der Waals surface area contributed by atoms with Crippen LogP contribution < -0.4 is 20.7 Å². The summed E-state index contributed by atoms with van der Waals surface area (Å²) in [4.78, 5) is 51.5. The second kappa shape index (κ2) is 15.8. The highest BCUT2D eigenvalue weighted by Crippen LogP contribution is 2.27. The number of ether oxygens (including phenoxy) is 2. The molecule has 11 heteroatoms. The number of nitrogens with one attached hydrogen (secondary N) is 3. The van der Waals surface area contributed by atoms with Crippen LogP contribution in [0.2, 0.25) is 0 Å². The fourth-order valence-corrected chi connectivity index (χ4v) is 4.78. The van der Waals surface area contributed by atoms with Gasteiger partial charge in [-0.2, -0.15) is 0 Å². The number of benzene rings is 4. The van der Waals surface area contributed by atoms with Gasteiger partial charge in [-0.1, -0.05) is 24.3 Å². The summed E-state index contributed by atoms with van der Waals surface area (Å²) in [5.74, 6) is -1.38. The monoisotopic (exact) mass is 625 g/mol. The number of methoxy groups -OCH3 is 1. The highest BCUT2D eigenvalue weighted by molar-refractivity contribution is 8.00. The van der Waals surface area contributed by atoms with Gasteiger partial charge in [-0.05, 0) is 79.7 Å². The number of carbonyl (C=O) groups excluding carboxylic acids is 4. The number of carbonyl (C=O) groups is 4. The Labute approximate surface area is 264 Å². The Morgan fingerprint density at radius 2 is 1.58 bits per heavy atom. The molecule has 4 aromatic carbocycles. The SMILES string of the molecule is CCOC(=O)c1ccc(NC(=O)CSc2cccc(NC(=O)/C(=C\c3ccc(O)cc3OC)NC(=O)c3ccccc3)c2)cc1. The predicted molar refractivity (Wildman–Crippen MR) is 173 cm³/mol. The molecule has 0 saturated carbocycles. The molecule has 230 valence electrons. The highest BCUT2D eigenvalue weighted by atomic mass is 32.2. The zero-order chi connectivity index (χ0) is 32.2. The van der Waals surface area contributed by atoms with E-state index in [1.807, 2.05) is 0 Å². The number of thioether (sulfide) groups is 1. The predicted octanol–water partition coefficient (Wildman–Crippen LogP) is 5.72. The lowest BCUT2D eigenvalue weighted by atomic mass is 10.1. The molecule has 3 amide bonds. The third-order valence-electron chi connectivity index (χ3n) is 6.19. The molecule has 0 fully saturated rings. The average Bonchev–Trinajstić information content (AvgIpc) is 3.05. The van der Waals surface area contributed by atoms with Crippen LogP contribution in [0.1, 0.15) is 33.2 Å². The Kier molecular flexibility index (Phi) is 11.4. The quantitative estimate of drug-likeness (QED) is 0.0890. The van der Waals surface area contributed by atoms with Crippen LogP contribution in [0.5, 0.6) is 11.5 Å². The first-order valence-electron chi connectivity index (χ1n) is 13.8. The molecule has 0 atom stereocenters. The number of phenolic OH excluding ortho intramolecular Hbond substituents is 1. The second-order valence-electron chi connectivity index (χ2n) is 9.42. The van der Waals surface area contributed by atoms with Crippen LogP contribution >= 0.6 is 11.8 Å². The first-order chi connectivity index (χ1) is 21.7. The molecule has 0 heterocycles. The van der Waals surface area contributed by atoms with Crippen molar-refractivity contribution in [3.05, 3.63) is 119 Å². The van der Waals surface area contributed by atoms with Gasteiger partial charge in [0.25, 0.3) is 11.8 Å². The van der Waals surface area contributed by atoms with Crippen molar-refractivity contribution < 1.29 is 33.8 Å². The van der Waals surface area contributed by atoms with Gasteiger partial charge >= 0.3 is 5.97 Å². The summed E-state index contributed by atoms with van der Waals surface area (Å²) in [5.41, 5.74) is 2.14. The number of hydrogen-bond donors (Lipinski definition) is 4. The van der Waals surface area contributed by atoms with Gasteiger partial charge in [0.05, 0.1) is 25.0 Å². The molecule has 0 aliphatic rings. The van der Waals surface area contributed by atoms with Crippen LogP contribution in [-0.4, -0.2) is 48.3 Å². The van der Waals surface area contributed by atoms with Gasteiger partial charge in [0.1, 0.15) is 17.2 Å². The van der Waals surface area contributed by atoms with Crippen molar-refractivity contribution in [1.82, 2.24) is 5.32 Å². The van der Waals surface area contributed by atoms with E-state index in [4.69, 9.17) is 9.47 Å². The third kappa shape index (κ3) is 9.47. The van der Waals surface area contributed by atoms with Crippen molar-refractivity contribution in [1.29, 1.82) is 0 Å². The number of phenols is 1. The van der Waals surface area contributed by atoms with E-state index in [0.29, 0.717) is 33.8 Å². The largest absolute Gasteiger partial charge is 0.508 e. The standard InChI is InChI=1S/C34H31N3O7S/c1-3-44-34(42)23-12-15-25(16-13-23)35-31(39)21-45-28-11-7-10-26(19-28)36-33(41)29(37-32(40)22-8-5-4-6-9-22)18-24-14-17-27(38)20-30(24)43-2/h4-20,38H,3,21H2,1-2H3,(H,35,39)(H,36,41)(H,37,40)/b29-18+. The fourth-order valence-electron chi connectivity index (χ4n) is 4.03. The molecular weight excluding hydrogens is 594 g/mol. The van der Waals surface area contributed by atoms with Crippen molar-refractivity contribution in [2.24, 2.45) is 0 Å². The van der Waals surface area contributed by atoms with Crippen molar-refractivity contribution in [2.75, 3.05) is 30.1 Å². The molecule has 4 rings (SSSR count). The number of esters is 1. The maximum Gasteiger partial charge on any atom is 0.338 e. The van der Waals surface area contributed by atoms with Crippen LogP contribution in [0.25, 0.3) is 6.08 Å². The van der Waals surface area contributed by atoms with Crippen molar-refractivity contribution in [2.45, 2.75) is 11.8 Å². The van der Waals surface area contributed by atoms with Crippen molar-refractivity contribution in [3.63, 3.8) is 0 Å². The Morgan fingerprint density at radius 3 is 2.29 bits per heavy atom. The summed E-state index contributed by atoms with van der Waals surface area (Å²) < 4.78 is 10.3. The number of amides is 3. The number of aromatic hydroxyl groups is 1. The van der Waals surface area contributed by atoms with Gasteiger partial charge in [0, 0.05) is 33.5 Å². The normalized spacial score (nSPS) is 10.8. The van der Waals surface area contributed by atoms with Crippen molar-refractivity contribution >= 4 is 52.9 Å². The van der Waals surface area contributed by atoms with Crippen molar-refractivity contribution in [3.8, 4) is 11.5 Å². The van der Waals surface area contributed by atoms with E-state index in [1.165, 1.54) is 37.1 Å². The molecule has 45 heavy (non-hydrogen) atoms. The van der Waals surface area contributed by atoms with Crippen LogP contribution in [-0.2, 0) is 14.3 Å². The molecular formula is C34H31N3O7S. The van der Waals surface area contributed by atoms with E-state index in [1.54, 1.807) is 91.9 Å². The van der Waals surface area contributed by atoms with Crippen LogP contribution in [0.3, 0.4) is 0 Å². The third-order valence-corrected chi connectivity index (χ3v) is 7.18. The molecule has 0 spiro atoms. The molecule has 0 aliphatic carbocycles. The zero-order valence-corrected chi connectivity index (χ0v) is 25.4. The summed E-state index contributed by atoms with van der Waals surface area (Å²) in [6.45, 7) is 2.00. The van der Waals surface area contributed by atoms with E-state index in [0.717, 1.165) is 4.90 Å². The summed E-state index contributed by atoms with van der Waals surface area (Å²) in [6.07, 6.45) is 1.46. The molecule has 4 N–H and O–H groups in total. The summed E-state index contributed by atoms with van der Waals surface area (Å²) in [6, 6.07) is 26.2. The van der Waals surface area contributed by atoms with Gasteiger partial charge in [0.15, 0.2) is 0 Å². The highest BCUT2D eigenvalue weighted by Gasteiger charge is 2.17. The minimum absolute atomic E-state index is 0.0155. The topological polar surface area (TPSA) is 143 Å². The fraction of sp³-hybridized carbons (Fsp3) is 0.118.